The first-order valence-electron chi connectivity index (χ1n) is 10.5. The molecule has 0 bridgehead atoms. The Bertz CT molecular complexity index is 1260. The summed E-state index contributed by atoms with van der Waals surface area (Å²) in [6.07, 6.45) is 1.10. The van der Waals surface area contributed by atoms with E-state index in [1.54, 1.807) is 35.2 Å². The highest BCUT2D eigenvalue weighted by molar-refractivity contribution is 7.18. The van der Waals surface area contributed by atoms with Crippen LogP contribution in [-0.4, -0.2) is 59.3 Å². The van der Waals surface area contributed by atoms with E-state index in [4.69, 9.17) is 22.7 Å². The maximum absolute atomic E-state index is 13.1. The third-order valence-electron chi connectivity index (χ3n) is 5.18. The molecule has 4 rings (SSSR count). The monoisotopic (exact) mass is 498 g/mol. The number of hydrogen-bond acceptors (Lipinski definition) is 9. The summed E-state index contributed by atoms with van der Waals surface area (Å²) < 4.78 is 0. The molecule has 0 saturated carbocycles. The highest BCUT2D eigenvalue weighted by Crippen LogP contribution is 2.35. The van der Waals surface area contributed by atoms with Crippen LogP contribution < -0.4 is 21.7 Å². The third kappa shape index (κ3) is 5.16. The molecule has 1 saturated heterocycles. The number of rotatable bonds is 6. The Labute approximate surface area is 205 Å². The van der Waals surface area contributed by atoms with Crippen LogP contribution in [0.1, 0.15) is 22.8 Å². The summed E-state index contributed by atoms with van der Waals surface area (Å²) in [5, 5.41) is 26.4. The number of amides is 2. The van der Waals surface area contributed by atoms with Crippen molar-refractivity contribution in [2.45, 2.75) is 6.92 Å². The summed E-state index contributed by atoms with van der Waals surface area (Å²) in [5.41, 5.74) is 8.84. The Morgan fingerprint density at radius 2 is 2.00 bits per heavy atom. The second-order valence-electron chi connectivity index (χ2n) is 7.63. The first-order chi connectivity index (χ1) is 16.4. The summed E-state index contributed by atoms with van der Waals surface area (Å²) in [4.78, 5) is 26.5. The summed E-state index contributed by atoms with van der Waals surface area (Å²) in [7, 11) is 0. The Hall–Kier alpha value is -3.54. The average Bonchev–Trinajstić information content (AvgIpc) is 3.29. The van der Waals surface area contributed by atoms with Gasteiger partial charge in [0.05, 0.1) is 10.7 Å². The first kappa shape index (κ1) is 23.6. The summed E-state index contributed by atoms with van der Waals surface area (Å²) in [5.74, 6) is -0.344. The molecule has 0 unspecified atom stereocenters. The van der Waals surface area contributed by atoms with E-state index in [1.165, 1.54) is 18.3 Å². The fourth-order valence-electron chi connectivity index (χ4n) is 3.56. The lowest BCUT2D eigenvalue weighted by atomic mass is 10.1. The summed E-state index contributed by atoms with van der Waals surface area (Å²) in [6.45, 7) is 4.12. The minimum Gasteiger partial charge on any atom is -0.398 e. The summed E-state index contributed by atoms with van der Waals surface area (Å²) in [6, 6.07) is 8.53. The van der Waals surface area contributed by atoms with Crippen LogP contribution in [-0.2, 0) is 4.79 Å². The zero-order valence-electron chi connectivity index (χ0n) is 18.3. The Balaban J connectivity index is 1.64. The molecule has 176 valence electrons. The number of piperazine rings is 1. The number of benzene rings is 2. The normalized spacial score (nSPS) is 13.4. The fraction of sp³-hybridized carbons (Fsp3) is 0.227. The van der Waals surface area contributed by atoms with Crippen molar-refractivity contribution in [1.29, 1.82) is 5.41 Å². The molecule has 1 aliphatic heterocycles. The van der Waals surface area contributed by atoms with Crippen LogP contribution in [0.2, 0.25) is 5.02 Å². The zero-order chi connectivity index (χ0) is 24.2. The smallest absolute Gasteiger partial charge is 0.254 e. The van der Waals surface area contributed by atoms with Crippen molar-refractivity contribution in [2.75, 3.05) is 42.5 Å². The van der Waals surface area contributed by atoms with Gasteiger partial charge in [-0.15, -0.1) is 10.2 Å². The number of aromatic nitrogens is 2. The molecule has 6 N–H and O–H groups in total. The number of nitrogens with two attached hydrogens (primary N) is 1. The molecular weight excluding hydrogens is 476 g/mol. The number of carbonyl (C=O) groups is 2. The predicted octanol–water partition coefficient (Wildman–Crippen LogP) is 3.19. The molecule has 0 aliphatic carbocycles. The van der Waals surface area contributed by atoms with Gasteiger partial charge in [0, 0.05) is 67.4 Å². The zero-order valence-corrected chi connectivity index (χ0v) is 19.9. The van der Waals surface area contributed by atoms with Crippen LogP contribution in [0, 0.1) is 5.41 Å². The maximum Gasteiger partial charge on any atom is 0.254 e. The molecule has 0 atom stereocenters. The van der Waals surface area contributed by atoms with Crippen molar-refractivity contribution in [3.8, 4) is 10.6 Å². The van der Waals surface area contributed by atoms with Gasteiger partial charge in [-0.2, -0.15) is 0 Å². The fourth-order valence-corrected chi connectivity index (χ4v) is 4.57. The number of anilines is 4. The number of nitrogens with one attached hydrogen (secondary N) is 4. The molecule has 0 spiro atoms. The highest BCUT2D eigenvalue weighted by Gasteiger charge is 2.20. The van der Waals surface area contributed by atoms with Crippen molar-refractivity contribution in [1.82, 2.24) is 20.4 Å². The topological polar surface area (TPSA) is 149 Å². The number of nitrogens with zero attached hydrogens (tertiary/aromatic N) is 3. The van der Waals surface area contributed by atoms with Crippen LogP contribution >= 0.6 is 22.9 Å². The molecule has 1 aromatic heterocycles. The van der Waals surface area contributed by atoms with E-state index in [2.05, 4.69) is 26.1 Å². The van der Waals surface area contributed by atoms with Gasteiger partial charge < -0.3 is 32.0 Å². The van der Waals surface area contributed by atoms with E-state index in [0.717, 1.165) is 19.3 Å². The molecule has 0 radical (unpaired) electrons. The van der Waals surface area contributed by atoms with Gasteiger partial charge in [-0.05, 0) is 30.3 Å². The lowest BCUT2D eigenvalue weighted by Gasteiger charge is -2.27. The third-order valence-corrected chi connectivity index (χ3v) is 6.47. The highest BCUT2D eigenvalue weighted by atomic mass is 35.5. The van der Waals surface area contributed by atoms with Gasteiger partial charge >= 0.3 is 0 Å². The minimum atomic E-state index is -0.239. The number of nitrogen functional groups attached to an aromatic ring is 1. The predicted molar refractivity (Wildman–Crippen MR) is 135 cm³/mol. The second kappa shape index (κ2) is 10.2. The van der Waals surface area contributed by atoms with E-state index in [9.17, 15) is 9.59 Å². The standard InChI is InChI=1S/C22H23ClN8O2S/c1-12(32)27-15-9-13(8-14(10-15)21(33)31-6-4-26-5-7-31)20-29-30-22(34-20)28-18-3-2-17(25)16(11-24)19(18)23/h2-3,8-11,24,26H,4-7,25H2,1H3,(H,27,32)(H,28,30). The molecule has 2 amide bonds. The Morgan fingerprint density at radius 3 is 2.71 bits per heavy atom. The first-order valence-corrected chi connectivity index (χ1v) is 11.7. The molecule has 3 aromatic rings. The molecule has 2 heterocycles. The second-order valence-corrected chi connectivity index (χ2v) is 8.99. The molecule has 10 nitrogen and oxygen atoms in total. The van der Waals surface area contributed by atoms with Crippen LogP contribution in [0.15, 0.2) is 30.3 Å². The molecular formula is C22H23ClN8O2S. The molecule has 2 aromatic carbocycles. The van der Waals surface area contributed by atoms with Crippen LogP contribution in [0.4, 0.5) is 22.2 Å². The quantitative estimate of drug-likeness (QED) is 0.259. The van der Waals surface area contributed by atoms with Crippen molar-refractivity contribution in [2.24, 2.45) is 0 Å². The number of carbonyl (C=O) groups excluding carboxylic acids is 2. The Morgan fingerprint density at radius 1 is 1.24 bits per heavy atom. The van der Waals surface area contributed by atoms with Crippen molar-refractivity contribution >= 4 is 63.2 Å². The van der Waals surface area contributed by atoms with E-state index < -0.39 is 0 Å². The van der Waals surface area contributed by atoms with Crippen LogP contribution in [0.3, 0.4) is 0 Å². The van der Waals surface area contributed by atoms with E-state index in [1.807, 2.05) is 0 Å². The van der Waals surface area contributed by atoms with Gasteiger partial charge in [0.2, 0.25) is 11.0 Å². The summed E-state index contributed by atoms with van der Waals surface area (Å²) >= 11 is 7.63. The van der Waals surface area contributed by atoms with Crippen LogP contribution in [0.25, 0.3) is 10.6 Å². The van der Waals surface area contributed by atoms with E-state index >= 15 is 0 Å². The molecule has 1 aliphatic rings. The van der Waals surface area contributed by atoms with Gasteiger partial charge in [0.15, 0.2) is 0 Å². The molecule has 34 heavy (non-hydrogen) atoms. The van der Waals surface area contributed by atoms with E-state index in [0.29, 0.717) is 62.0 Å². The van der Waals surface area contributed by atoms with Crippen LogP contribution in [0.5, 0.6) is 0 Å². The van der Waals surface area contributed by atoms with Gasteiger partial charge in [-0.1, -0.05) is 22.9 Å². The minimum absolute atomic E-state index is 0.106. The van der Waals surface area contributed by atoms with E-state index in [-0.39, 0.29) is 11.8 Å². The lowest BCUT2D eigenvalue weighted by molar-refractivity contribution is -0.114. The van der Waals surface area contributed by atoms with Crippen molar-refractivity contribution in [3.05, 3.63) is 46.5 Å². The van der Waals surface area contributed by atoms with Gasteiger partial charge in [0.1, 0.15) is 5.01 Å². The van der Waals surface area contributed by atoms with Crippen molar-refractivity contribution < 1.29 is 9.59 Å². The van der Waals surface area contributed by atoms with Gasteiger partial charge in [-0.25, -0.2) is 0 Å². The molecule has 12 heteroatoms. The Kier molecular flexibility index (Phi) is 7.06. The molecule has 1 fully saturated rings. The van der Waals surface area contributed by atoms with Crippen molar-refractivity contribution in [3.63, 3.8) is 0 Å². The number of hydrogen-bond donors (Lipinski definition) is 5. The van der Waals surface area contributed by atoms with Gasteiger partial charge in [-0.3, -0.25) is 9.59 Å². The van der Waals surface area contributed by atoms with Gasteiger partial charge in [0.25, 0.3) is 5.91 Å². The largest absolute Gasteiger partial charge is 0.398 e. The average molecular weight is 499 g/mol. The maximum atomic E-state index is 13.1. The SMILES string of the molecule is CC(=O)Nc1cc(C(=O)N2CCNCC2)cc(-c2nnc(Nc3ccc(N)c(C=N)c3Cl)s2)c1. The number of halogens is 1. The lowest BCUT2D eigenvalue weighted by Crippen LogP contribution is -2.46.